The van der Waals surface area contributed by atoms with Crippen molar-refractivity contribution in [2.45, 2.75) is 33.8 Å². The minimum Gasteiger partial charge on any atom is -0.460 e. The van der Waals surface area contributed by atoms with Gasteiger partial charge in [-0.15, -0.1) is 0 Å². The van der Waals surface area contributed by atoms with Gasteiger partial charge in [0.2, 0.25) is 0 Å². The molecule has 18 heavy (non-hydrogen) atoms. The van der Waals surface area contributed by atoms with Gasteiger partial charge in [0.15, 0.2) is 0 Å². The maximum absolute atomic E-state index is 11.4. The Morgan fingerprint density at radius 1 is 1.39 bits per heavy atom. The summed E-state index contributed by atoms with van der Waals surface area (Å²) in [4.78, 5) is 11.4. The van der Waals surface area contributed by atoms with Gasteiger partial charge in [-0.25, -0.2) is 4.79 Å². The molecule has 1 aromatic carbocycles. The van der Waals surface area contributed by atoms with Crippen molar-refractivity contribution >= 4 is 12.0 Å². The Labute approximate surface area is 108 Å². The Morgan fingerprint density at radius 2 is 2.06 bits per heavy atom. The van der Waals surface area contributed by atoms with Gasteiger partial charge in [-0.3, -0.25) is 0 Å². The summed E-state index contributed by atoms with van der Waals surface area (Å²) in [6, 6.07) is 5.93. The molecule has 0 aromatic heterocycles. The number of esters is 1. The molecule has 3 heteroatoms. The van der Waals surface area contributed by atoms with Gasteiger partial charge in [-0.05, 0) is 50.5 Å². The summed E-state index contributed by atoms with van der Waals surface area (Å²) < 4.78 is 4.99. The average molecular weight is 243 g/mol. The molecule has 0 aliphatic heterocycles. The minimum absolute atomic E-state index is 0.141. The van der Waals surface area contributed by atoms with Crippen LogP contribution in [0.3, 0.4) is 0 Å². The zero-order valence-corrected chi connectivity index (χ0v) is 11.2. The molecule has 0 spiro atoms. The molecular formula is C15H17NO2. The highest BCUT2D eigenvalue weighted by Crippen LogP contribution is 2.18. The molecule has 0 bridgehead atoms. The number of hydrogen-bond acceptors (Lipinski definition) is 3. The number of ether oxygens (including phenoxy) is 1. The smallest absolute Gasteiger partial charge is 0.331 e. The predicted octanol–water partition coefficient (Wildman–Crippen LogP) is 3.14. The molecular weight excluding hydrogens is 226 g/mol. The third kappa shape index (κ3) is 3.46. The van der Waals surface area contributed by atoms with Gasteiger partial charge in [-0.1, -0.05) is 12.1 Å². The van der Waals surface area contributed by atoms with E-state index in [1.807, 2.05) is 26.0 Å². The molecule has 0 N–H and O–H groups in total. The molecule has 0 unspecified atom stereocenters. The van der Waals surface area contributed by atoms with Crippen molar-refractivity contribution in [3.05, 3.63) is 40.5 Å². The molecule has 1 aromatic rings. The molecule has 0 saturated heterocycles. The predicted molar refractivity (Wildman–Crippen MR) is 70.9 cm³/mol. The van der Waals surface area contributed by atoms with Gasteiger partial charge in [0, 0.05) is 6.08 Å². The number of carbonyl (C=O) groups is 1. The van der Waals surface area contributed by atoms with E-state index in [0.29, 0.717) is 5.56 Å². The fourth-order valence-corrected chi connectivity index (χ4v) is 1.55. The van der Waals surface area contributed by atoms with Crippen LogP contribution in [0, 0.1) is 25.2 Å². The Kier molecular flexibility index (Phi) is 4.67. The van der Waals surface area contributed by atoms with Crippen LogP contribution in [0.25, 0.3) is 6.08 Å². The van der Waals surface area contributed by atoms with E-state index in [9.17, 15) is 4.79 Å². The Hall–Kier alpha value is -2.08. The lowest BCUT2D eigenvalue weighted by molar-refractivity contribution is -0.141. The molecule has 0 heterocycles. The topological polar surface area (TPSA) is 50.1 Å². The third-order valence-electron chi connectivity index (χ3n) is 2.63. The molecule has 94 valence electrons. The number of carbonyl (C=O) groups excluding carboxylic acids is 1. The first-order valence-corrected chi connectivity index (χ1v) is 5.84. The first-order valence-electron chi connectivity index (χ1n) is 5.84. The molecule has 0 amide bonds. The lowest BCUT2D eigenvalue weighted by Crippen LogP contribution is -2.08. The van der Waals surface area contributed by atoms with E-state index in [2.05, 4.69) is 6.07 Å². The highest BCUT2D eigenvalue weighted by Gasteiger charge is 2.06. The summed E-state index contributed by atoms with van der Waals surface area (Å²) in [6.45, 7) is 7.44. The van der Waals surface area contributed by atoms with Crippen LogP contribution in [0.15, 0.2) is 18.2 Å². The van der Waals surface area contributed by atoms with Gasteiger partial charge in [0.05, 0.1) is 11.7 Å². The monoisotopic (exact) mass is 243 g/mol. The number of benzene rings is 1. The maximum Gasteiger partial charge on any atom is 0.331 e. The second-order valence-corrected chi connectivity index (χ2v) is 4.40. The van der Waals surface area contributed by atoms with Crippen LogP contribution in [0.1, 0.15) is 36.1 Å². The first kappa shape index (κ1) is 14.0. The quantitative estimate of drug-likeness (QED) is 0.605. The molecule has 0 saturated carbocycles. The summed E-state index contributed by atoms with van der Waals surface area (Å²) in [6.07, 6.45) is 2.83. The van der Waals surface area contributed by atoms with Crippen molar-refractivity contribution in [2.24, 2.45) is 0 Å². The highest BCUT2D eigenvalue weighted by molar-refractivity contribution is 5.87. The summed E-state index contributed by atoms with van der Waals surface area (Å²) in [7, 11) is 0. The minimum atomic E-state index is -0.396. The summed E-state index contributed by atoms with van der Waals surface area (Å²) in [5.41, 5.74) is 3.34. The average Bonchev–Trinajstić information content (AvgIpc) is 2.29. The lowest BCUT2D eigenvalue weighted by Gasteiger charge is -2.06. The largest absolute Gasteiger partial charge is 0.460 e. The molecule has 1 rings (SSSR count). The van der Waals surface area contributed by atoms with Crippen LogP contribution in [0.5, 0.6) is 0 Å². The van der Waals surface area contributed by atoms with Crippen LogP contribution in [-0.4, -0.2) is 12.1 Å². The van der Waals surface area contributed by atoms with Crippen LogP contribution >= 0.6 is 0 Å². The van der Waals surface area contributed by atoms with E-state index < -0.39 is 5.97 Å². The highest BCUT2D eigenvalue weighted by atomic mass is 16.5. The fraction of sp³-hybridized carbons (Fsp3) is 0.333. The molecule has 0 radical (unpaired) electrons. The van der Waals surface area contributed by atoms with Gasteiger partial charge in [0.1, 0.15) is 6.07 Å². The number of hydrogen-bond donors (Lipinski definition) is 0. The number of rotatable bonds is 3. The third-order valence-corrected chi connectivity index (χ3v) is 2.63. The fourth-order valence-electron chi connectivity index (χ4n) is 1.55. The van der Waals surface area contributed by atoms with Crippen LogP contribution in [-0.2, 0) is 9.53 Å². The van der Waals surface area contributed by atoms with Crippen LogP contribution in [0.2, 0.25) is 0 Å². The van der Waals surface area contributed by atoms with Crippen molar-refractivity contribution in [1.29, 1.82) is 5.26 Å². The van der Waals surface area contributed by atoms with E-state index in [4.69, 9.17) is 10.00 Å². The SMILES string of the molecule is Cc1ccc(C=CC(=O)OC(C)C)c(C#N)c1C. The summed E-state index contributed by atoms with van der Waals surface area (Å²) >= 11 is 0. The molecule has 0 fully saturated rings. The van der Waals surface area contributed by atoms with Crippen molar-refractivity contribution in [3.8, 4) is 6.07 Å². The Bertz CT molecular complexity index is 522. The second-order valence-electron chi connectivity index (χ2n) is 4.40. The Morgan fingerprint density at radius 3 is 2.61 bits per heavy atom. The summed E-state index contributed by atoms with van der Waals surface area (Å²) in [5.74, 6) is -0.396. The zero-order valence-electron chi connectivity index (χ0n) is 11.2. The van der Waals surface area contributed by atoms with Gasteiger partial charge in [0.25, 0.3) is 0 Å². The number of nitriles is 1. The molecule has 0 aliphatic rings. The van der Waals surface area contributed by atoms with Gasteiger partial charge >= 0.3 is 5.97 Å². The molecule has 0 aliphatic carbocycles. The van der Waals surface area contributed by atoms with Gasteiger partial charge in [-0.2, -0.15) is 5.26 Å². The Balaban J connectivity index is 2.99. The number of aryl methyl sites for hydroxylation is 1. The van der Waals surface area contributed by atoms with Crippen LogP contribution < -0.4 is 0 Å². The molecule has 3 nitrogen and oxygen atoms in total. The lowest BCUT2D eigenvalue weighted by atomic mass is 9.98. The van der Waals surface area contributed by atoms with E-state index in [-0.39, 0.29) is 6.10 Å². The van der Waals surface area contributed by atoms with Crippen molar-refractivity contribution in [2.75, 3.05) is 0 Å². The van der Waals surface area contributed by atoms with Crippen molar-refractivity contribution in [1.82, 2.24) is 0 Å². The van der Waals surface area contributed by atoms with Crippen molar-refractivity contribution < 1.29 is 9.53 Å². The van der Waals surface area contributed by atoms with E-state index >= 15 is 0 Å². The van der Waals surface area contributed by atoms with E-state index in [1.54, 1.807) is 19.9 Å². The van der Waals surface area contributed by atoms with Crippen LogP contribution in [0.4, 0.5) is 0 Å². The number of nitrogens with zero attached hydrogens (tertiary/aromatic N) is 1. The second kappa shape index (κ2) is 6.02. The standard InChI is InChI=1S/C15H17NO2/c1-10(2)18-15(17)8-7-13-6-5-11(3)12(4)14(13)9-16/h5-8,10H,1-4H3. The summed E-state index contributed by atoms with van der Waals surface area (Å²) in [5, 5.41) is 9.13. The normalized spacial score (nSPS) is 10.7. The van der Waals surface area contributed by atoms with Crippen molar-refractivity contribution in [3.63, 3.8) is 0 Å². The van der Waals surface area contributed by atoms with E-state index in [0.717, 1.165) is 16.7 Å². The maximum atomic E-state index is 11.4. The van der Waals surface area contributed by atoms with E-state index in [1.165, 1.54) is 6.08 Å². The van der Waals surface area contributed by atoms with Gasteiger partial charge < -0.3 is 4.74 Å². The molecule has 0 atom stereocenters. The zero-order chi connectivity index (χ0) is 13.7. The first-order chi connectivity index (χ1) is 8.45.